The maximum absolute atomic E-state index is 13.2. The van der Waals surface area contributed by atoms with Gasteiger partial charge < -0.3 is 55.7 Å². The van der Waals surface area contributed by atoms with Gasteiger partial charge in [0.2, 0.25) is 0 Å². The number of rotatable bonds is 9. The number of ether oxygens (including phenoxy) is 4. The topological polar surface area (TPSA) is 152 Å². The van der Waals surface area contributed by atoms with Crippen LogP contribution < -0.4 is 17.0 Å². The summed E-state index contributed by atoms with van der Waals surface area (Å²) in [6, 6.07) is 10.2. The zero-order chi connectivity index (χ0) is 39.1. The van der Waals surface area contributed by atoms with E-state index in [4.69, 9.17) is 18.9 Å². The third-order valence-electron chi connectivity index (χ3n) is 15.8. The Labute approximate surface area is 341 Å². The molecule has 0 radical (unpaired) electrons. The number of epoxide rings is 1. The second kappa shape index (κ2) is 15.4. The molecule has 12 heteroatoms. The molecule has 0 aromatic heterocycles. The van der Waals surface area contributed by atoms with Crippen molar-refractivity contribution in [1.82, 2.24) is 0 Å². The van der Waals surface area contributed by atoms with Gasteiger partial charge >= 0.3 is 5.97 Å². The molecular formula is C44H60BrNO10. The van der Waals surface area contributed by atoms with E-state index in [1.54, 1.807) is 12.2 Å². The van der Waals surface area contributed by atoms with E-state index in [1.165, 1.54) is 0 Å². The molecule has 7 fully saturated rings. The monoisotopic (exact) mass is 841 g/mol. The predicted octanol–water partition coefficient (Wildman–Crippen LogP) is 1.17. The molecule has 3 saturated carbocycles. The number of carbonyl (C=O) groups excluding carboxylic acids is 3. The number of carbonyl (C=O) groups is 3. The first-order valence-electron chi connectivity index (χ1n) is 20.8. The number of aliphatic hydroxyl groups is 3. The molecule has 9 rings (SSSR count). The first kappa shape index (κ1) is 41.9. The Morgan fingerprint density at radius 2 is 1.73 bits per heavy atom. The van der Waals surface area contributed by atoms with Crippen LogP contribution in [0.15, 0.2) is 54.1 Å². The summed E-state index contributed by atoms with van der Waals surface area (Å²) in [7, 11) is 2.31. The number of quaternary nitrogens is 1. The lowest BCUT2D eigenvalue weighted by molar-refractivity contribution is -0.954. The SMILES string of the molecule is CCC[C@@H]1O[C@@H]2C[C@H]3[C@@H]4CCC5=CC(=O)C=C[C@]5(C)[C@H]4[C@@H](O)C[C@]3(C)[C@]2(C(=O)CO)O1.CC[N+]1(C)[C@@H]2C[C@@H](OC(=O)[C@H](CO)c3ccccc3)C[C@H]1[C@@H]1O[C@@H]12.[Br-]. The molecule has 1 aromatic carbocycles. The minimum atomic E-state index is -1.20. The minimum absolute atomic E-state index is 0. The Morgan fingerprint density at radius 1 is 1.04 bits per heavy atom. The fourth-order valence-electron chi connectivity index (χ4n) is 13.0. The highest BCUT2D eigenvalue weighted by Crippen LogP contribution is 2.69. The standard InChI is InChI=1S/C25H34O6.C19H26NO4.BrH/c1-4-5-21-30-20-11-17-16-7-6-14-10-15(27)8-9-23(14,2)22(16)18(28)12-24(17,3)25(20,31-21)19(29)13-26;1-3-20(2)15-9-13(10-16(20)18-17(15)24-18)23-19(22)14(11-21)12-7-5-4-6-8-12;/h8-10,16-18,20-22,26,28H,4-7,11-13H2,1-3H3;4-8,13-18,21H,3,9-11H2,1-2H3;1H/q;+1;/p-1/t16-,17-,18-,20+,21+,22+,23-,24-,25+;13-,14-,15-,16+,17-,18+,20?;/m01./s1. The van der Waals surface area contributed by atoms with Crippen molar-refractivity contribution in [3.63, 3.8) is 0 Å². The van der Waals surface area contributed by atoms with E-state index in [0.717, 1.165) is 54.3 Å². The maximum Gasteiger partial charge on any atom is 0.316 e. The van der Waals surface area contributed by atoms with Crippen LogP contribution >= 0.6 is 0 Å². The van der Waals surface area contributed by atoms with Crippen molar-refractivity contribution in [3.8, 4) is 0 Å². The summed E-state index contributed by atoms with van der Waals surface area (Å²) in [6.45, 7) is 8.77. The van der Waals surface area contributed by atoms with E-state index in [9.17, 15) is 29.7 Å². The molecule has 4 heterocycles. The van der Waals surface area contributed by atoms with E-state index in [0.29, 0.717) is 43.6 Å². The normalized spacial score (nSPS) is 45.3. The molecule has 1 unspecified atom stereocenters. The largest absolute Gasteiger partial charge is 1.00 e. The third-order valence-corrected chi connectivity index (χ3v) is 15.8. The number of esters is 1. The Kier molecular flexibility index (Phi) is 11.5. The van der Waals surface area contributed by atoms with E-state index >= 15 is 0 Å². The number of aliphatic hydroxyl groups excluding tert-OH is 3. The highest BCUT2D eigenvalue weighted by molar-refractivity contribution is 6.01. The number of allylic oxidation sites excluding steroid dienone is 4. The fourth-order valence-corrected chi connectivity index (χ4v) is 13.0. The number of piperidine rings is 1. The summed E-state index contributed by atoms with van der Waals surface area (Å²) in [5.41, 5.74) is -0.238. The third kappa shape index (κ3) is 6.26. The van der Waals surface area contributed by atoms with Gasteiger partial charge in [-0.15, -0.1) is 0 Å². The van der Waals surface area contributed by atoms with Crippen molar-refractivity contribution in [2.24, 2.45) is 28.6 Å². The molecule has 11 nitrogen and oxygen atoms in total. The van der Waals surface area contributed by atoms with Crippen molar-refractivity contribution >= 4 is 17.5 Å². The molecule has 4 aliphatic heterocycles. The zero-order valence-corrected chi connectivity index (χ0v) is 34.9. The lowest BCUT2D eigenvalue weighted by Gasteiger charge is -2.59. The Bertz CT molecular complexity index is 1720. The summed E-state index contributed by atoms with van der Waals surface area (Å²) < 4.78 is 25.3. The van der Waals surface area contributed by atoms with Crippen LogP contribution in [0.4, 0.5) is 0 Å². The van der Waals surface area contributed by atoms with Crippen molar-refractivity contribution in [2.45, 2.75) is 139 Å². The number of fused-ring (bicyclic) bond motifs is 12. The van der Waals surface area contributed by atoms with E-state index < -0.39 is 42.0 Å². The molecule has 56 heavy (non-hydrogen) atoms. The summed E-state index contributed by atoms with van der Waals surface area (Å²) in [5.74, 6) is -0.876. The van der Waals surface area contributed by atoms with Crippen LogP contribution in [0.1, 0.15) is 90.5 Å². The van der Waals surface area contributed by atoms with Crippen LogP contribution in [0, 0.1) is 28.6 Å². The molecule has 4 aliphatic carbocycles. The second-order valence-electron chi connectivity index (χ2n) is 18.3. The molecule has 2 bridgehead atoms. The number of hydrogen-bond donors (Lipinski definition) is 3. The Morgan fingerprint density at radius 3 is 2.36 bits per heavy atom. The predicted molar refractivity (Wildman–Crippen MR) is 201 cm³/mol. The van der Waals surface area contributed by atoms with Gasteiger partial charge in [-0.1, -0.05) is 69.2 Å². The number of ketones is 2. The molecule has 0 spiro atoms. The molecule has 4 saturated heterocycles. The van der Waals surface area contributed by atoms with Crippen LogP contribution in [0.25, 0.3) is 0 Å². The number of likely N-dealkylation sites (N-methyl/N-ethyl adjacent to an activating group) is 1. The maximum atomic E-state index is 13.2. The molecule has 3 N–H and O–H groups in total. The van der Waals surface area contributed by atoms with Gasteiger partial charge in [0.05, 0.1) is 32.4 Å². The molecule has 308 valence electrons. The van der Waals surface area contributed by atoms with Crippen LogP contribution in [-0.2, 0) is 33.3 Å². The van der Waals surface area contributed by atoms with Crippen LogP contribution in [0.2, 0.25) is 0 Å². The summed E-state index contributed by atoms with van der Waals surface area (Å²) in [5, 5.41) is 31.1. The van der Waals surface area contributed by atoms with Gasteiger partial charge in [0, 0.05) is 29.6 Å². The van der Waals surface area contributed by atoms with Gasteiger partial charge in [-0.05, 0) is 68.6 Å². The average molecular weight is 843 g/mol. The molecule has 16 atom stereocenters. The fraction of sp³-hybridized carbons (Fsp3) is 0.705. The smallest absolute Gasteiger partial charge is 0.316 e. The van der Waals surface area contributed by atoms with Gasteiger partial charge in [0.15, 0.2) is 23.5 Å². The van der Waals surface area contributed by atoms with Crippen molar-refractivity contribution in [3.05, 3.63) is 59.7 Å². The van der Waals surface area contributed by atoms with Gasteiger partial charge in [-0.25, -0.2) is 0 Å². The quantitative estimate of drug-likeness (QED) is 0.188. The van der Waals surface area contributed by atoms with Crippen LogP contribution in [0.3, 0.4) is 0 Å². The first-order chi connectivity index (χ1) is 26.3. The van der Waals surface area contributed by atoms with Gasteiger partial charge in [-0.3, -0.25) is 14.4 Å². The molecule has 1 aromatic rings. The second-order valence-corrected chi connectivity index (χ2v) is 18.3. The lowest BCUT2D eigenvalue weighted by Crippen LogP contribution is -3.00. The number of morpholine rings is 1. The van der Waals surface area contributed by atoms with Gasteiger partial charge in [-0.2, -0.15) is 0 Å². The van der Waals surface area contributed by atoms with Crippen LogP contribution in [-0.4, -0.2) is 119 Å². The van der Waals surface area contributed by atoms with Crippen LogP contribution in [0.5, 0.6) is 0 Å². The van der Waals surface area contributed by atoms with E-state index in [1.807, 2.05) is 36.4 Å². The molecule has 0 amide bonds. The van der Waals surface area contributed by atoms with Gasteiger partial charge in [0.1, 0.15) is 42.9 Å². The zero-order valence-electron chi connectivity index (χ0n) is 33.3. The molecule has 8 aliphatic rings. The number of Topliss-reactive ketones (excluding diaryl/α,β-unsaturated/α-hetero) is 1. The van der Waals surface area contributed by atoms with E-state index in [-0.39, 0.29) is 70.4 Å². The van der Waals surface area contributed by atoms with Crippen molar-refractivity contribution in [2.75, 3.05) is 26.8 Å². The highest BCUT2D eigenvalue weighted by Gasteiger charge is 2.76. The molecular weight excluding hydrogens is 782 g/mol. The summed E-state index contributed by atoms with van der Waals surface area (Å²) in [4.78, 5) is 37.8. The first-order valence-corrected chi connectivity index (χ1v) is 20.8. The highest BCUT2D eigenvalue weighted by atomic mass is 79.9. The number of nitrogens with zero attached hydrogens (tertiary/aromatic N) is 1. The van der Waals surface area contributed by atoms with Gasteiger partial charge in [0.25, 0.3) is 0 Å². The average Bonchev–Trinajstić information content (AvgIpc) is 3.77. The lowest BCUT2D eigenvalue weighted by atomic mass is 9.46. The van der Waals surface area contributed by atoms with Crippen molar-refractivity contribution < 1.29 is 70.1 Å². The summed E-state index contributed by atoms with van der Waals surface area (Å²) in [6.07, 6.45) is 10.7. The number of halogens is 1. The Hall–Kier alpha value is -2.29. The summed E-state index contributed by atoms with van der Waals surface area (Å²) >= 11 is 0. The number of hydrogen-bond acceptors (Lipinski definition) is 10. The van der Waals surface area contributed by atoms with E-state index in [2.05, 4.69) is 34.7 Å². The van der Waals surface area contributed by atoms with Crippen molar-refractivity contribution in [1.29, 1.82) is 0 Å². The Balaban J connectivity index is 0.000000174. The number of benzene rings is 1. The minimum Gasteiger partial charge on any atom is -1.00 e.